The molecular weight excluding hydrogens is 414 g/mol. The van der Waals surface area contributed by atoms with E-state index < -0.39 is 0 Å². The molecule has 0 unspecified atom stereocenters. The molecule has 7 heteroatoms. The fourth-order valence-electron chi connectivity index (χ4n) is 5.39. The molecular formula is C26H37N5O2. The zero-order chi connectivity index (χ0) is 22.6. The Balaban J connectivity index is 1.09. The van der Waals surface area contributed by atoms with E-state index >= 15 is 0 Å². The second-order valence-electron chi connectivity index (χ2n) is 9.83. The van der Waals surface area contributed by atoms with E-state index in [-0.39, 0.29) is 11.8 Å². The first-order valence-electron chi connectivity index (χ1n) is 12.7. The predicted molar refractivity (Wildman–Crippen MR) is 131 cm³/mol. The number of hydrogen-bond acceptors (Lipinski definition) is 5. The van der Waals surface area contributed by atoms with E-state index in [1.165, 1.54) is 19.3 Å². The Morgan fingerprint density at radius 2 is 1.64 bits per heavy atom. The molecule has 3 aliphatic heterocycles. The average Bonchev–Trinajstić information content (AvgIpc) is 2.84. The number of piperazine rings is 2. The summed E-state index contributed by atoms with van der Waals surface area (Å²) in [6, 6.07) is 8.81. The summed E-state index contributed by atoms with van der Waals surface area (Å²) in [4.78, 5) is 36.9. The summed E-state index contributed by atoms with van der Waals surface area (Å²) < 4.78 is 0. The Labute approximate surface area is 197 Å². The lowest BCUT2D eigenvalue weighted by atomic mass is 9.91. The second kappa shape index (κ2) is 10.3. The largest absolute Gasteiger partial charge is 0.369 e. The van der Waals surface area contributed by atoms with Crippen molar-refractivity contribution in [1.29, 1.82) is 0 Å². The van der Waals surface area contributed by atoms with Crippen molar-refractivity contribution in [2.24, 2.45) is 0 Å². The van der Waals surface area contributed by atoms with Crippen LogP contribution in [0.2, 0.25) is 0 Å². The van der Waals surface area contributed by atoms with Crippen LogP contribution in [0, 0.1) is 0 Å². The smallest absolute Gasteiger partial charge is 0.254 e. The highest BCUT2D eigenvalue weighted by Crippen LogP contribution is 2.25. The van der Waals surface area contributed by atoms with Crippen molar-refractivity contribution in [2.45, 2.75) is 31.7 Å². The number of carbonyl (C=O) groups is 2. The van der Waals surface area contributed by atoms with Crippen LogP contribution in [0.5, 0.6) is 0 Å². The Kier molecular flexibility index (Phi) is 6.97. The van der Waals surface area contributed by atoms with Gasteiger partial charge in [0.05, 0.1) is 6.54 Å². The first kappa shape index (κ1) is 22.4. The molecule has 1 aliphatic carbocycles. The average molecular weight is 452 g/mol. The van der Waals surface area contributed by atoms with Gasteiger partial charge in [0.2, 0.25) is 5.91 Å². The third-order valence-corrected chi connectivity index (χ3v) is 7.79. The molecule has 0 N–H and O–H groups in total. The molecule has 1 aromatic carbocycles. The van der Waals surface area contributed by atoms with Gasteiger partial charge in [0, 0.05) is 82.7 Å². The Bertz CT molecular complexity index is 867. The molecule has 3 heterocycles. The highest BCUT2D eigenvalue weighted by atomic mass is 16.2. The summed E-state index contributed by atoms with van der Waals surface area (Å²) in [6.07, 6.45) is 9.18. The minimum atomic E-state index is 0.114. The Hall–Kier alpha value is -2.38. The standard InChI is InChI=1S/C26H37N5O2/c32-25(30-18-16-28(17-19-30)23-7-5-8-23)21-27-12-14-29(15-13-27)24-9-4-6-22(20-24)26(33)31-10-2-1-3-11-31/h1-2,4,6,9,20,23H,3,5,7-8,10-19,21H2. The fourth-order valence-corrected chi connectivity index (χ4v) is 5.39. The Morgan fingerprint density at radius 3 is 2.30 bits per heavy atom. The van der Waals surface area contributed by atoms with Gasteiger partial charge in [-0.15, -0.1) is 0 Å². The number of hydrogen-bond donors (Lipinski definition) is 0. The van der Waals surface area contributed by atoms with Gasteiger partial charge in [-0.25, -0.2) is 0 Å². The minimum Gasteiger partial charge on any atom is -0.369 e. The molecule has 5 rings (SSSR count). The van der Waals surface area contributed by atoms with Gasteiger partial charge < -0.3 is 14.7 Å². The van der Waals surface area contributed by atoms with Crippen molar-refractivity contribution >= 4 is 17.5 Å². The van der Waals surface area contributed by atoms with Gasteiger partial charge in [-0.2, -0.15) is 0 Å². The molecule has 3 fully saturated rings. The molecule has 4 aliphatic rings. The summed E-state index contributed by atoms with van der Waals surface area (Å²) in [5.74, 6) is 0.391. The van der Waals surface area contributed by atoms with E-state index in [2.05, 4.69) is 37.8 Å². The number of benzene rings is 1. The van der Waals surface area contributed by atoms with Crippen molar-refractivity contribution < 1.29 is 9.59 Å². The predicted octanol–water partition coefficient (Wildman–Crippen LogP) is 1.91. The molecule has 7 nitrogen and oxygen atoms in total. The van der Waals surface area contributed by atoms with E-state index in [0.717, 1.165) is 82.6 Å². The van der Waals surface area contributed by atoms with Crippen LogP contribution in [0.1, 0.15) is 36.0 Å². The van der Waals surface area contributed by atoms with E-state index in [4.69, 9.17) is 0 Å². The van der Waals surface area contributed by atoms with Gasteiger partial charge in [-0.1, -0.05) is 24.6 Å². The van der Waals surface area contributed by atoms with Crippen molar-refractivity contribution in [1.82, 2.24) is 19.6 Å². The quantitative estimate of drug-likeness (QED) is 0.640. The molecule has 0 radical (unpaired) electrons. The molecule has 0 atom stereocenters. The van der Waals surface area contributed by atoms with Crippen LogP contribution < -0.4 is 4.90 Å². The molecule has 0 aromatic heterocycles. The molecule has 0 spiro atoms. The minimum absolute atomic E-state index is 0.114. The van der Waals surface area contributed by atoms with Crippen LogP contribution in [-0.2, 0) is 4.79 Å². The summed E-state index contributed by atoms with van der Waals surface area (Å²) in [7, 11) is 0. The van der Waals surface area contributed by atoms with Crippen molar-refractivity contribution in [3.63, 3.8) is 0 Å². The monoisotopic (exact) mass is 451 g/mol. The number of rotatable bonds is 5. The highest BCUT2D eigenvalue weighted by Gasteiger charge is 2.30. The number of carbonyl (C=O) groups excluding carboxylic acids is 2. The molecule has 1 aromatic rings. The molecule has 1 saturated carbocycles. The van der Waals surface area contributed by atoms with Gasteiger partial charge in [0.1, 0.15) is 0 Å². The molecule has 178 valence electrons. The lowest BCUT2D eigenvalue weighted by Gasteiger charge is -2.43. The first-order chi connectivity index (χ1) is 16.2. The van der Waals surface area contributed by atoms with Crippen LogP contribution >= 0.6 is 0 Å². The maximum atomic E-state index is 12.9. The SMILES string of the molecule is O=C(CN1CCN(c2cccc(C(=O)N3CC=CCC3)c2)CC1)N1CCN(C2CCC2)CC1. The second-order valence-corrected chi connectivity index (χ2v) is 9.83. The maximum absolute atomic E-state index is 12.9. The van der Waals surface area contributed by atoms with Crippen LogP contribution in [-0.4, -0.2) is 109 Å². The van der Waals surface area contributed by atoms with E-state index in [0.29, 0.717) is 13.1 Å². The summed E-state index contributed by atoms with van der Waals surface area (Å²) in [5, 5.41) is 0. The van der Waals surface area contributed by atoms with Gasteiger partial charge in [-0.05, 0) is 37.5 Å². The number of amides is 2. The van der Waals surface area contributed by atoms with Gasteiger partial charge in [0.25, 0.3) is 5.91 Å². The third kappa shape index (κ3) is 5.25. The van der Waals surface area contributed by atoms with Gasteiger partial charge >= 0.3 is 0 Å². The van der Waals surface area contributed by atoms with Gasteiger partial charge in [0.15, 0.2) is 0 Å². The van der Waals surface area contributed by atoms with Crippen LogP contribution in [0.15, 0.2) is 36.4 Å². The third-order valence-electron chi connectivity index (χ3n) is 7.79. The maximum Gasteiger partial charge on any atom is 0.254 e. The van der Waals surface area contributed by atoms with E-state index in [1.54, 1.807) is 0 Å². The first-order valence-corrected chi connectivity index (χ1v) is 12.7. The lowest BCUT2D eigenvalue weighted by Crippen LogP contribution is -2.56. The molecule has 33 heavy (non-hydrogen) atoms. The summed E-state index contributed by atoms with van der Waals surface area (Å²) in [5.41, 5.74) is 1.87. The highest BCUT2D eigenvalue weighted by molar-refractivity contribution is 5.95. The lowest BCUT2D eigenvalue weighted by molar-refractivity contribution is -0.134. The summed E-state index contributed by atoms with van der Waals surface area (Å²) in [6.45, 7) is 9.36. The zero-order valence-electron chi connectivity index (χ0n) is 19.7. The summed E-state index contributed by atoms with van der Waals surface area (Å²) >= 11 is 0. The Morgan fingerprint density at radius 1 is 0.848 bits per heavy atom. The van der Waals surface area contributed by atoms with E-state index in [1.807, 2.05) is 23.1 Å². The number of anilines is 1. The van der Waals surface area contributed by atoms with Crippen LogP contribution in [0.3, 0.4) is 0 Å². The molecule has 0 bridgehead atoms. The van der Waals surface area contributed by atoms with Crippen molar-refractivity contribution in [3.8, 4) is 0 Å². The zero-order valence-corrected chi connectivity index (χ0v) is 19.7. The van der Waals surface area contributed by atoms with Crippen LogP contribution in [0.4, 0.5) is 5.69 Å². The topological polar surface area (TPSA) is 50.3 Å². The molecule has 2 amide bonds. The van der Waals surface area contributed by atoms with Crippen LogP contribution in [0.25, 0.3) is 0 Å². The van der Waals surface area contributed by atoms with Crippen molar-refractivity contribution in [2.75, 3.05) is 76.9 Å². The van der Waals surface area contributed by atoms with Gasteiger partial charge in [-0.3, -0.25) is 19.4 Å². The van der Waals surface area contributed by atoms with E-state index in [9.17, 15) is 9.59 Å². The molecule has 2 saturated heterocycles. The van der Waals surface area contributed by atoms with Crippen molar-refractivity contribution in [3.05, 3.63) is 42.0 Å². The number of nitrogens with zero attached hydrogens (tertiary/aromatic N) is 5. The fraction of sp³-hybridized carbons (Fsp3) is 0.615. The normalized spacial score (nSPS) is 23.0.